The van der Waals surface area contributed by atoms with Crippen LogP contribution < -0.4 is 11.1 Å². The molecule has 0 aliphatic carbocycles. The number of carbonyl (C=O) groups is 1. The van der Waals surface area contributed by atoms with Gasteiger partial charge in [-0.05, 0) is 12.8 Å². The maximum atomic E-state index is 11.8. The zero-order valence-electron chi connectivity index (χ0n) is 10.1. The molecule has 1 heterocycles. The summed E-state index contributed by atoms with van der Waals surface area (Å²) in [7, 11) is 0. The molecule has 1 unspecified atom stereocenters. The normalized spacial score (nSPS) is 14.9. The van der Waals surface area contributed by atoms with Crippen molar-refractivity contribution in [3.63, 3.8) is 0 Å². The van der Waals surface area contributed by atoms with E-state index < -0.39 is 5.54 Å². The van der Waals surface area contributed by atoms with E-state index >= 15 is 0 Å². The lowest BCUT2D eigenvalue weighted by Gasteiger charge is -2.32. The Morgan fingerprint density at radius 3 is 2.62 bits per heavy atom. The van der Waals surface area contributed by atoms with Crippen LogP contribution in [-0.2, 0) is 0 Å². The van der Waals surface area contributed by atoms with Crippen LogP contribution in [0.15, 0.2) is 4.52 Å². The van der Waals surface area contributed by atoms with E-state index in [1.54, 1.807) is 6.92 Å². The summed E-state index contributed by atoms with van der Waals surface area (Å²) in [6.07, 6.45) is 0. The molecule has 3 N–H and O–H groups in total. The number of hydrogen-bond acceptors (Lipinski definition) is 5. The van der Waals surface area contributed by atoms with E-state index in [0.29, 0.717) is 12.4 Å². The number of carbonyl (C=O) groups excluding carboxylic acids is 1. The number of amides is 1. The monoisotopic (exact) mass is 226 g/mol. The minimum atomic E-state index is -0.467. The second-order valence-electron chi connectivity index (χ2n) is 4.37. The topological polar surface area (TPSA) is 94.0 Å². The first-order valence-electron chi connectivity index (χ1n) is 5.22. The molecule has 1 rings (SSSR count). The maximum absolute atomic E-state index is 11.8. The number of nitrogens with one attached hydrogen (secondary N) is 1. The summed E-state index contributed by atoms with van der Waals surface area (Å²) in [5.74, 6) is 0.259. The van der Waals surface area contributed by atoms with Crippen LogP contribution in [0, 0.1) is 12.8 Å². The van der Waals surface area contributed by atoms with E-state index in [0.717, 1.165) is 0 Å². The fourth-order valence-corrected chi connectivity index (χ4v) is 1.14. The lowest BCUT2D eigenvalue weighted by Crippen LogP contribution is -2.55. The Morgan fingerprint density at radius 1 is 1.62 bits per heavy atom. The Morgan fingerprint density at radius 2 is 2.25 bits per heavy atom. The molecule has 0 spiro atoms. The van der Waals surface area contributed by atoms with E-state index in [-0.39, 0.29) is 17.6 Å². The minimum absolute atomic E-state index is 0.0397. The molecule has 90 valence electrons. The molecule has 0 radical (unpaired) electrons. The molecular formula is C10H18N4O2. The van der Waals surface area contributed by atoms with Gasteiger partial charge in [0.1, 0.15) is 0 Å². The van der Waals surface area contributed by atoms with Crippen LogP contribution in [0.1, 0.15) is 37.3 Å². The Bertz CT molecular complexity index is 375. The van der Waals surface area contributed by atoms with Crippen LogP contribution in [-0.4, -0.2) is 28.1 Å². The van der Waals surface area contributed by atoms with Gasteiger partial charge in [0.25, 0.3) is 11.7 Å². The Balaban J connectivity index is 2.77. The third-order valence-electron chi connectivity index (χ3n) is 2.83. The molecule has 0 saturated carbocycles. The molecule has 1 amide bonds. The fraction of sp³-hybridized carbons (Fsp3) is 0.700. The molecular weight excluding hydrogens is 208 g/mol. The second kappa shape index (κ2) is 4.61. The zero-order valence-corrected chi connectivity index (χ0v) is 10.1. The lowest BCUT2D eigenvalue weighted by atomic mass is 9.88. The van der Waals surface area contributed by atoms with Gasteiger partial charge in [-0.1, -0.05) is 19.0 Å². The van der Waals surface area contributed by atoms with Gasteiger partial charge in [0.05, 0.1) is 5.54 Å². The molecule has 0 bridgehead atoms. The van der Waals surface area contributed by atoms with Crippen molar-refractivity contribution in [3.05, 3.63) is 11.7 Å². The minimum Gasteiger partial charge on any atom is -0.343 e. The summed E-state index contributed by atoms with van der Waals surface area (Å²) < 4.78 is 4.74. The molecule has 0 saturated heterocycles. The van der Waals surface area contributed by atoms with E-state index in [2.05, 4.69) is 15.5 Å². The van der Waals surface area contributed by atoms with Crippen molar-refractivity contribution in [3.8, 4) is 0 Å². The smallest absolute Gasteiger partial charge is 0.293 e. The molecule has 6 nitrogen and oxygen atoms in total. The van der Waals surface area contributed by atoms with Crippen LogP contribution in [0.2, 0.25) is 0 Å². The summed E-state index contributed by atoms with van der Waals surface area (Å²) in [5.41, 5.74) is 5.19. The number of nitrogens with two attached hydrogens (primary N) is 1. The molecule has 0 aliphatic heterocycles. The highest BCUT2D eigenvalue weighted by atomic mass is 16.5. The van der Waals surface area contributed by atoms with Crippen molar-refractivity contribution in [2.75, 3.05) is 6.54 Å². The lowest BCUT2D eigenvalue weighted by molar-refractivity contribution is 0.0869. The Hall–Kier alpha value is -1.43. The predicted octanol–water partition coefficient (Wildman–Crippen LogP) is 0.481. The molecule has 6 heteroatoms. The van der Waals surface area contributed by atoms with Gasteiger partial charge in [0.15, 0.2) is 0 Å². The van der Waals surface area contributed by atoms with Crippen LogP contribution >= 0.6 is 0 Å². The highest BCUT2D eigenvalue weighted by molar-refractivity contribution is 5.90. The first-order chi connectivity index (χ1) is 7.39. The zero-order chi connectivity index (χ0) is 12.3. The average Bonchev–Trinajstić information content (AvgIpc) is 2.64. The van der Waals surface area contributed by atoms with E-state index in [1.807, 2.05) is 20.8 Å². The number of hydrogen-bond donors (Lipinski definition) is 2. The van der Waals surface area contributed by atoms with Crippen molar-refractivity contribution in [2.24, 2.45) is 11.7 Å². The van der Waals surface area contributed by atoms with Gasteiger partial charge < -0.3 is 15.6 Å². The van der Waals surface area contributed by atoms with Gasteiger partial charge in [0.2, 0.25) is 5.89 Å². The molecule has 1 aromatic heterocycles. The van der Waals surface area contributed by atoms with Gasteiger partial charge in [0, 0.05) is 13.5 Å². The summed E-state index contributed by atoms with van der Waals surface area (Å²) >= 11 is 0. The highest BCUT2D eigenvalue weighted by Crippen LogP contribution is 2.15. The summed E-state index contributed by atoms with van der Waals surface area (Å²) in [5, 5.41) is 6.38. The third kappa shape index (κ3) is 2.57. The number of aryl methyl sites for hydroxylation is 1. The molecule has 0 aromatic carbocycles. The van der Waals surface area contributed by atoms with Crippen LogP contribution in [0.3, 0.4) is 0 Å². The highest BCUT2D eigenvalue weighted by Gasteiger charge is 2.30. The molecule has 0 aliphatic rings. The van der Waals surface area contributed by atoms with Crippen LogP contribution in [0.4, 0.5) is 0 Å². The van der Waals surface area contributed by atoms with Crippen molar-refractivity contribution in [1.82, 2.24) is 15.5 Å². The Labute approximate surface area is 94.6 Å². The average molecular weight is 226 g/mol. The third-order valence-corrected chi connectivity index (χ3v) is 2.83. The van der Waals surface area contributed by atoms with Gasteiger partial charge in [-0.3, -0.25) is 4.79 Å². The van der Waals surface area contributed by atoms with Crippen molar-refractivity contribution in [2.45, 2.75) is 33.2 Å². The second-order valence-corrected chi connectivity index (χ2v) is 4.37. The predicted molar refractivity (Wildman–Crippen MR) is 58.8 cm³/mol. The molecule has 1 atom stereocenters. The summed E-state index contributed by atoms with van der Waals surface area (Å²) in [4.78, 5) is 15.6. The first kappa shape index (κ1) is 12.6. The number of rotatable bonds is 4. The van der Waals surface area contributed by atoms with Gasteiger partial charge in [-0.25, -0.2) is 0 Å². The van der Waals surface area contributed by atoms with Crippen LogP contribution in [0.5, 0.6) is 0 Å². The number of aromatic nitrogens is 2. The Kier molecular flexibility index (Phi) is 3.64. The quantitative estimate of drug-likeness (QED) is 0.778. The fourth-order valence-electron chi connectivity index (χ4n) is 1.14. The van der Waals surface area contributed by atoms with Crippen molar-refractivity contribution < 1.29 is 9.32 Å². The van der Waals surface area contributed by atoms with Crippen LogP contribution in [0.25, 0.3) is 0 Å². The summed E-state index contributed by atoms with van der Waals surface area (Å²) in [6.45, 7) is 7.87. The summed E-state index contributed by atoms with van der Waals surface area (Å²) in [6, 6.07) is 0. The largest absolute Gasteiger partial charge is 0.343 e. The molecule has 16 heavy (non-hydrogen) atoms. The van der Waals surface area contributed by atoms with Crippen molar-refractivity contribution >= 4 is 5.91 Å². The van der Waals surface area contributed by atoms with E-state index in [9.17, 15) is 4.79 Å². The number of nitrogens with zero attached hydrogens (tertiary/aromatic N) is 2. The molecule has 1 aromatic rings. The standard InChI is InChI=1S/C10H18N4O2/c1-6(2)10(4,5-11)13-9(15)8-12-7(3)16-14-8/h6H,5,11H2,1-4H3,(H,13,15). The van der Waals surface area contributed by atoms with Crippen molar-refractivity contribution in [1.29, 1.82) is 0 Å². The van der Waals surface area contributed by atoms with Gasteiger partial charge in [-0.15, -0.1) is 0 Å². The maximum Gasteiger partial charge on any atom is 0.293 e. The van der Waals surface area contributed by atoms with Gasteiger partial charge in [-0.2, -0.15) is 4.98 Å². The first-order valence-corrected chi connectivity index (χ1v) is 5.22. The van der Waals surface area contributed by atoms with E-state index in [1.165, 1.54) is 0 Å². The SMILES string of the molecule is Cc1nc(C(=O)NC(C)(CN)C(C)C)no1. The molecule has 0 fully saturated rings. The van der Waals surface area contributed by atoms with Gasteiger partial charge >= 0.3 is 0 Å². The van der Waals surface area contributed by atoms with E-state index in [4.69, 9.17) is 10.3 Å².